The molecule has 1 amide bonds. The van der Waals surface area contributed by atoms with E-state index in [0.29, 0.717) is 28.9 Å². The second-order valence-corrected chi connectivity index (χ2v) is 16.7. The molecule has 0 spiro atoms. The molecule has 11 heteroatoms. The molecule has 6 rings (SSSR count). The van der Waals surface area contributed by atoms with Crippen molar-refractivity contribution in [1.29, 1.82) is 0 Å². The molecule has 1 heterocycles. The molecule has 0 aromatic heterocycles. The first-order valence-corrected chi connectivity index (χ1v) is 19.3. The molecule has 2 bridgehead atoms. The van der Waals surface area contributed by atoms with Gasteiger partial charge in [-0.2, -0.15) is 5.06 Å². The molecule has 5 N–H and O–H groups in total. The van der Waals surface area contributed by atoms with E-state index in [0.717, 1.165) is 62.4 Å². The molecule has 1 unspecified atom stereocenters. The Morgan fingerprint density at radius 2 is 1.67 bits per heavy atom. The topological polar surface area (TPSA) is 122 Å². The summed E-state index contributed by atoms with van der Waals surface area (Å²) in [5.74, 6) is 1.50. The molecule has 1 aliphatic heterocycles. The van der Waals surface area contributed by atoms with Gasteiger partial charge in [0.25, 0.3) is 0 Å². The van der Waals surface area contributed by atoms with Crippen molar-refractivity contribution >= 4 is 5.91 Å². The standard InChI is InChI=1S/C41H66N6O5/c1-26-34-20-32(41(34,3)4)21-35(26)44-40(50)38-37(27(2)49)36(25-48)52-47(38)24-30-11-10-12-33(39(30)51-9)31-18-28(22-42-13-15-45(5)6)17-29(19-31)23-43-14-16-46(7)8/h10-12,17-19,26-27,32,34-38,42-43,48-49H,13-16,20-25H2,1-9H3,(H,44,50)/t26-,27-,32+,34-,35-,36-,37?,38-/m0/s1. The van der Waals surface area contributed by atoms with Crippen LogP contribution in [-0.2, 0) is 29.3 Å². The molecule has 1 saturated heterocycles. The van der Waals surface area contributed by atoms with Crippen molar-refractivity contribution in [1.82, 2.24) is 30.8 Å². The van der Waals surface area contributed by atoms with E-state index in [1.165, 1.54) is 17.5 Å². The minimum atomic E-state index is -0.860. The Balaban J connectivity index is 1.41. The van der Waals surface area contributed by atoms with Crippen LogP contribution in [0.2, 0.25) is 0 Å². The second kappa shape index (κ2) is 17.7. The van der Waals surface area contributed by atoms with Gasteiger partial charge in [-0.15, -0.1) is 0 Å². The number of aliphatic hydroxyl groups is 2. The fraction of sp³-hybridized carbons (Fsp3) is 0.683. The molecule has 2 aromatic rings. The number of nitrogens with zero attached hydrogens (tertiary/aromatic N) is 3. The van der Waals surface area contributed by atoms with Gasteiger partial charge < -0.3 is 40.7 Å². The summed E-state index contributed by atoms with van der Waals surface area (Å²) in [6.45, 7) is 13.8. The number of aliphatic hydroxyl groups excluding tert-OH is 2. The smallest absolute Gasteiger partial charge is 0.240 e. The van der Waals surface area contributed by atoms with E-state index in [4.69, 9.17) is 9.57 Å². The van der Waals surface area contributed by atoms with Crippen molar-refractivity contribution in [3.05, 3.63) is 53.1 Å². The van der Waals surface area contributed by atoms with Gasteiger partial charge in [-0.05, 0) is 99.9 Å². The van der Waals surface area contributed by atoms with E-state index in [1.807, 2.05) is 12.1 Å². The number of para-hydroxylation sites is 1. The van der Waals surface area contributed by atoms with Crippen LogP contribution in [0, 0.1) is 29.1 Å². The summed E-state index contributed by atoms with van der Waals surface area (Å²) < 4.78 is 6.14. The van der Waals surface area contributed by atoms with Gasteiger partial charge in [0.1, 0.15) is 17.9 Å². The number of hydroxylamine groups is 2. The van der Waals surface area contributed by atoms with Crippen LogP contribution in [0.1, 0.15) is 57.2 Å². The van der Waals surface area contributed by atoms with Gasteiger partial charge in [-0.3, -0.25) is 9.63 Å². The maximum Gasteiger partial charge on any atom is 0.240 e. The average Bonchev–Trinajstić information content (AvgIpc) is 3.47. The maximum atomic E-state index is 14.3. The van der Waals surface area contributed by atoms with Crippen LogP contribution in [0.5, 0.6) is 5.75 Å². The van der Waals surface area contributed by atoms with Crippen LogP contribution in [0.4, 0.5) is 0 Å². The summed E-state index contributed by atoms with van der Waals surface area (Å²) in [6.07, 6.45) is 0.615. The molecule has 290 valence electrons. The molecule has 8 atom stereocenters. The molecule has 11 nitrogen and oxygen atoms in total. The Bertz CT molecular complexity index is 1450. The highest BCUT2D eigenvalue weighted by Gasteiger charge is 2.57. The number of hydrogen-bond acceptors (Lipinski definition) is 10. The SMILES string of the molecule is COc1c(CN2O[C@@H](CO)C([C@H](C)O)[C@H]2C(=O)N[C@H]2C[C@H]3C[C@@H]([C@@H]2C)C3(C)C)cccc1-c1cc(CNCCN(C)C)cc(CNCCN(C)C)c1. The van der Waals surface area contributed by atoms with Gasteiger partial charge in [0, 0.05) is 62.4 Å². The number of methoxy groups -OCH3 is 1. The van der Waals surface area contributed by atoms with Gasteiger partial charge in [-0.1, -0.05) is 45.0 Å². The first kappa shape index (κ1) is 40.6. The highest BCUT2D eigenvalue weighted by molar-refractivity contribution is 5.83. The number of carbonyl (C=O) groups is 1. The molecule has 4 aliphatic rings. The van der Waals surface area contributed by atoms with E-state index in [-0.39, 0.29) is 25.1 Å². The zero-order valence-corrected chi connectivity index (χ0v) is 33.1. The minimum absolute atomic E-state index is 0.0723. The summed E-state index contributed by atoms with van der Waals surface area (Å²) in [5.41, 5.74) is 5.55. The highest BCUT2D eigenvalue weighted by atomic mass is 16.7. The van der Waals surface area contributed by atoms with Gasteiger partial charge in [-0.25, -0.2) is 0 Å². The lowest BCUT2D eigenvalue weighted by molar-refractivity contribution is -0.183. The molecule has 0 radical (unpaired) electrons. The molecule has 3 aliphatic carbocycles. The Kier molecular flexibility index (Phi) is 13.8. The summed E-state index contributed by atoms with van der Waals surface area (Å²) in [5, 5.41) is 33.5. The van der Waals surface area contributed by atoms with Crippen molar-refractivity contribution in [2.75, 3.05) is 68.1 Å². The summed E-state index contributed by atoms with van der Waals surface area (Å²) in [4.78, 5) is 24.9. The predicted molar refractivity (Wildman–Crippen MR) is 207 cm³/mol. The number of nitrogens with one attached hydrogen (secondary N) is 3. The zero-order valence-electron chi connectivity index (χ0n) is 33.1. The average molecular weight is 723 g/mol. The molecule has 4 fully saturated rings. The van der Waals surface area contributed by atoms with E-state index in [9.17, 15) is 15.0 Å². The Morgan fingerprint density at radius 3 is 2.19 bits per heavy atom. The Hall–Kier alpha value is -2.61. The van der Waals surface area contributed by atoms with Crippen molar-refractivity contribution in [2.45, 2.75) is 84.5 Å². The molecule has 2 aromatic carbocycles. The van der Waals surface area contributed by atoms with Crippen molar-refractivity contribution in [3.63, 3.8) is 0 Å². The largest absolute Gasteiger partial charge is 0.496 e. The minimum Gasteiger partial charge on any atom is -0.496 e. The molecular formula is C41H66N6O5. The number of ether oxygens (including phenoxy) is 1. The van der Waals surface area contributed by atoms with Crippen LogP contribution in [0.3, 0.4) is 0 Å². The van der Waals surface area contributed by atoms with E-state index in [1.54, 1.807) is 19.1 Å². The van der Waals surface area contributed by atoms with E-state index < -0.39 is 24.2 Å². The number of benzene rings is 2. The summed E-state index contributed by atoms with van der Waals surface area (Å²) in [7, 11) is 9.99. The third-order valence-electron chi connectivity index (χ3n) is 12.2. The van der Waals surface area contributed by atoms with Gasteiger partial charge in [0.05, 0.1) is 26.4 Å². The third kappa shape index (κ3) is 9.18. The van der Waals surface area contributed by atoms with Crippen molar-refractivity contribution in [2.24, 2.45) is 29.1 Å². The fourth-order valence-electron chi connectivity index (χ4n) is 9.02. The normalized spacial score (nSPS) is 27.5. The summed E-state index contributed by atoms with van der Waals surface area (Å²) in [6, 6.07) is 12.1. The van der Waals surface area contributed by atoms with Gasteiger partial charge >= 0.3 is 0 Å². The summed E-state index contributed by atoms with van der Waals surface area (Å²) >= 11 is 0. The van der Waals surface area contributed by atoms with Crippen LogP contribution in [0.25, 0.3) is 11.1 Å². The van der Waals surface area contributed by atoms with E-state index in [2.05, 4.69) is 99.0 Å². The number of carbonyl (C=O) groups excluding carboxylic acids is 1. The highest BCUT2D eigenvalue weighted by Crippen LogP contribution is 2.61. The lowest BCUT2D eigenvalue weighted by atomic mass is 9.45. The number of fused-ring (bicyclic) bond motifs is 2. The molecule has 3 saturated carbocycles. The number of hydrogen-bond donors (Lipinski definition) is 5. The van der Waals surface area contributed by atoms with Gasteiger partial charge in [0.2, 0.25) is 5.91 Å². The van der Waals surface area contributed by atoms with Crippen LogP contribution >= 0.6 is 0 Å². The zero-order chi connectivity index (χ0) is 37.7. The first-order valence-electron chi connectivity index (χ1n) is 19.3. The Labute approximate surface area is 312 Å². The van der Waals surface area contributed by atoms with E-state index >= 15 is 0 Å². The lowest BCUT2D eigenvalue weighted by Gasteiger charge is -2.62. The second-order valence-electron chi connectivity index (χ2n) is 16.7. The predicted octanol–water partition coefficient (Wildman–Crippen LogP) is 3.33. The number of likely N-dealkylation sites (N-methyl/N-ethyl adjacent to an activating group) is 2. The quantitative estimate of drug-likeness (QED) is 0.147. The third-order valence-corrected chi connectivity index (χ3v) is 12.2. The van der Waals surface area contributed by atoms with Gasteiger partial charge in [0.15, 0.2) is 0 Å². The fourth-order valence-corrected chi connectivity index (χ4v) is 9.02. The Morgan fingerprint density at radius 1 is 1.04 bits per heavy atom. The molecule has 52 heavy (non-hydrogen) atoms. The number of rotatable bonds is 18. The van der Waals surface area contributed by atoms with Crippen molar-refractivity contribution < 1.29 is 24.6 Å². The number of amides is 1. The maximum absolute atomic E-state index is 14.3. The van der Waals surface area contributed by atoms with Crippen LogP contribution < -0.4 is 20.7 Å². The van der Waals surface area contributed by atoms with Crippen molar-refractivity contribution in [3.8, 4) is 16.9 Å². The van der Waals surface area contributed by atoms with Crippen LogP contribution in [0.15, 0.2) is 36.4 Å². The molecular weight excluding hydrogens is 656 g/mol. The first-order chi connectivity index (χ1) is 24.7. The lowest BCUT2D eigenvalue weighted by Crippen LogP contribution is -2.62. The monoisotopic (exact) mass is 723 g/mol. The van der Waals surface area contributed by atoms with Crippen LogP contribution in [-0.4, -0.2) is 123 Å².